The Bertz CT molecular complexity index is 1230. The highest BCUT2D eigenvalue weighted by atomic mass is 16.5. The molecule has 3 aromatic carbocycles. The minimum Gasteiger partial charge on any atom is -0.497 e. The number of hydrogen-bond acceptors (Lipinski definition) is 4. The van der Waals surface area contributed by atoms with E-state index in [1.54, 1.807) is 7.11 Å². The second-order valence-electron chi connectivity index (χ2n) is 8.85. The Kier molecular flexibility index (Phi) is 6.17. The van der Waals surface area contributed by atoms with E-state index in [2.05, 4.69) is 5.32 Å². The van der Waals surface area contributed by atoms with Gasteiger partial charge in [-0.1, -0.05) is 54.6 Å². The molecule has 1 heterocycles. The first kappa shape index (κ1) is 22.0. The van der Waals surface area contributed by atoms with Gasteiger partial charge in [0.1, 0.15) is 18.1 Å². The van der Waals surface area contributed by atoms with Crippen LogP contribution in [0.2, 0.25) is 0 Å². The van der Waals surface area contributed by atoms with Crippen LogP contribution in [-0.4, -0.2) is 18.8 Å². The van der Waals surface area contributed by atoms with Gasteiger partial charge < -0.3 is 14.8 Å². The van der Waals surface area contributed by atoms with Gasteiger partial charge in [-0.3, -0.25) is 9.59 Å². The van der Waals surface area contributed by atoms with E-state index in [0.29, 0.717) is 19.4 Å². The molecule has 0 saturated heterocycles. The summed E-state index contributed by atoms with van der Waals surface area (Å²) in [7, 11) is 1.63. The van der Waals surface area contributed by atoms with Gasteiger partial charge in [0.2, 0.25) is 5.91 Å². The molecule has 1 amide bonds. The van der Waals surface area contributed by atoms with Gasteiger partial charge in [0.25, 0.3) is 0 Å². The first-order valence-electron chi connectivity index (χ1n) is 11.6. The van der Waals surface area contributed by atoms with Crippen LogP contribution in [0.4, 0.5) is 0 Å². The minimum absolute atomic E-state index is 0.0224. The molecular weight excluding hydrogens is 426 g/mol. The van der Waals surface area contributed by atoms with Crippen LogP contribution < -0.4 is 14.8 Å². The lowest BCUT2D eigenvalue weighted by molar-refractivity contribution is -0.122. The SMILES string of the molecule is COc1cccc(C2CC(=O)C3=C(C2)NC(=O)CC3c2ccc(OCc3ccccc3)cc2)c1. The Morgan fingerprint density at radius 3 is 2.38 bits per heavy atom. The third-order valence-corrected chi connectivity index (χ3v) is 6.63. The zero-order valence-corrected chi connectivity index (χ0v) is 19.1. The Hall–Kier alpha value is -3.86. The molecule has 0 aromatic heterocycles. The molecule has 2 unspecified atom stereocenters. The molecule has 0 fully saturated rings. The van der Waals surface area contributed by atoms with Gasteiger partial charge in [-0.2, -0.15) is 0 Å². The molecular formula is C29H27NO4. The standard InChI is InChI=1S/C29H27NO4/c1-33-24-9-5-8-21(14-24)22-15-26-29(27(31)16-22)25(17-28(32)30-26)20-10-12-23(13-11-20)34-18-19-6-3-2-4-7-19/h2-14,22,25H,15-18H2,1H3,(H,30,32). The fourth-order valence-electron chi connectivity index (χ4n) is 4.91. The number of carbonyl (C=O) groups excluding carboxylic acids is 2. The van der Waals surface area contributed by atoms with Gasteiger partial charge in [-0.05, 0) is 53.3 Å². The highest BCUT2D eigenvalue weighted by molar-refractivity contribution is 6.02. The van der Waals surface area contributed by atoms with Crippen LogP contribution in [0.1, 0.15) is 47.8 Å². The van der Waals surface area contributed by atoms with E-state index < -0.39 is 0 Å². The van der Waals surface area contributed by atoms with Crippen molar-refractivity contribution in [2.45, 2.75) is 37.7 Å². The first-order chi connectivity index (χ1) is 16.6. The summed E-state index contributed by atoms with van der Waals surface area (Å²) in [6.07, 6.45) is 1.34. The first-order valence-corrected chi connectivity index (χ1v) is 11.6. The summed E-state index contributed by atoms with van der Waals surface area (Å²) in [6, 6.07) is 25.6. The fraction of sp³-hybridized carbons (Fsp3) is 0.241. The highest BCUT2D eigenvalue weighted by Gasteiger charge is 2.38. The van der Waals surface area contributed by atoms with E-state index in [9.17, 15) is 9.59 Å². The molecule has 1 aliphatic heterocycles. The van der Waals surface area contributed by atoms with Crippen molar-refractivity contribution in [2.75, 3.05) is 7.11 Å². The average molecular weight is 454 g/mol. The number of carbonyl (C=O) groups is 2. The smallest absolute Gasteiger partial charge is 0.225 e. The van der Waals surface area contributed by atoms with E-state index in [4.69, 9.17) is 9.47 Å². The van der Waals surface area contributed by atoms with Crippen LogP contribution in [0.3, 0.4) is 0 Å². The molecule has 5 heteroatoms. The van der Waals surface area contributed by atoms with Crippen LogP contribution in [0.15, 0.2) is 90.1 Å². The fourth-order valence-corrected chi connectivity index (χ4v) is 4.91. The normalized spacial score (nSPS) is 19.9. The summed E-state index contributed by atoms with van der Waals surface area (Å²) in [5, 5.41) is 2.99. The maximum Gasteiger partial charge on any atom is 0.225 e. The number of ketones is 1. The predicted octanol–water partition coefficient (Wildman–Crippen LogP) is 5.28. The van der Waals surface area contributed by atoms with Gasteiger partial charge in [0, 0.05) is 30.0 Å². The summed E-state index contributed by atoms with van der Waals surface area (Å²) in [5.41, 5.74) is 4.62. The van der Waals surface area contributed by atoms with Gasteiger partial charge >= 0.3 is 0 Å². The van der Waals surface area contributed by atoms with Crippen molar-refractivity contribution in [3.8, 4) is 11.5 Å². The third kappa shape index (κ3) is 4.60. The molecule has 3 aromatic rings. The van der Waals surface area contributed by atoms with E-state index in [-0.39, 0.29) is 29.9 Å². The molecule has 0 spiro atoms. The van der Waals surface area contributed by atoms with Crippen molar-refractivity contribution in [1.82, 2.24) is 5.32 Å². The van der Waals surface area contributed by atoms with Gasteiger partial charge in [0.05, 0.1) is 7.11 Å². The monoisotopic (exact) mass is 453 g/mol. The molecule has 0 radical (unpaired) electrons. The van der Waals surface area contributed by atoms with E-state index in [0.717, 1.165) is 39.5 Å². The average Bonchev–Trinajstić information content (AvgIpc) is 2.87. The number of nitrogens with one attached hydrogen (secondary N) is 1. The lowest BCUT2D eigenvalue weighted by Crippen LogP contribution is -2.38. The van der Waals surface area contributed by atoms with Crippen molar-refractivity contribution in [3.63, 3.8) is 0 Å². The van der Waals surface area contributed by atoms with Gasteiger partial charge in [0.15, 0.2) is 5.78 Å². The number of methoxy groups -OCH3 is 1. The molecule has 2 atom stereocenters. The number of ether oxygens (including phenoxy) is 2. The molecule has 0 bridgehead atoms. The lowest BCUT2D eigenvalue weighted by Gasteiger charge is -2.34. The molecule has 34 heavy (non-hydrogen) atoms. The lowest BCUT2D eigenvalue weighted by atomic mass is 9.73. The van der Waals surface area contributed by atoms with Crippen LogP contribution in [0, 0.1) is 0 Å². The molecule has 5 nitrogen and oxygen atoms in total. The Balaban J connectivity index is 1.36. The van der Waals surface area contributed by atoms with Crippen molar-refractivity contribution in [1.29, 1.82) is 0 Å². The zero-order valence-electron chi connectivity index (χ0n) is 19.1. The molecule has 0 saturated carbocycles. The molecule has 2 aliphatic rings. The van der Waals surface area contributed by atoms with Crippen molar-refractivity contribution in [2.24, 2.45) is 0 Å². The maximum atomic E-state index is 13.3. The summed E-state index contributed by atoms with van der Waals surface area (Å²) >= 11 is 0. The van der Waals surface area contributed by atoms with Crippen LogP contribution >= 0.6 is 0 Å². The highest BCUT2D eigenvalue weighted by Crippen LogP contribution is 2.43. The summed E-state index contributed by atoms with van der Waals surface area (Å²) in [4.78, 5) is 25.9. The van der Waals surface area contributed by atoms with Gasteiger partial charge in [-0.25, -0.2) is 0 Å². The minimum atomic E-state index is -0.231. The topological polar surface area (TPSA) is 64.6 Å². The quantitative estimate of drug-likeness (QED) is 0.552. The van der Waals surface area contributed by atoms with Crippen LogP contribution in [-0.2, 0) is 16.2 Å². The van der Waals surface area contributed by atoms with Crippen LogP contribution in [0.25, 0.3) is 0 Å². The molecule has 1 aliphatic carbocycles. The van der Waals surface area contributed by atoms with Crippen LogP contribution in [0.5, 0.6) is 11.5 Å². The maximum absolute atomic E-state index is 13.3. The number of hydrogen-bond donors (Lipinski definition) is 1. The molecule has 5 rings (SSSR count). The Morgan fingerprint density at radius 2 is 1.62 bits per heavy atom. The summed E-state index contributed by atoms with van der Waals surface area (Å²) < 4.78 is 11.2. The van der Waals surface area contributed by atoms with Crippen molar-refractivity contribution >= 4 is 11.7 Å². The number of rotatable bonds is 6. The van der Waals surface area contributed by atoms with Gasteiger partial charge in [-0.15, -0.1) is 0 Å². The number of allylic oxidation sites excluding steroid dienone is 2. The third-order valence-electron chi connectivity index (χ3n) is 6.63. The van der Waals surface area contributed by atoms with Crippen molar-refractivity contribution < 1.29 is 19.1 Å². The largest absolute Gasteiger partial charge is 0.497 e. The Labute approximate surface area is 199 Å². The second-order valence-corrected chi connectivity index (χ2v) is 8.85. The van der Waals surface area contributed by atoms with E-state index in [1.165, 1.54) is 0 Å². The summed E-state index contributed by atoms with van der Waals surface area (Å²) in [6.45, 7) is 0.492. The Morgan fingerprint density at radius 1 is 0.824 bits per heavy atom. The van der Waals surface area contributed by atoms with E-state index >= 15 is 0 Å². The number of benzene rings is 3. The summed E-state index contributed by atoms with van der Waals surface area (Å²) in [5.74, 6) is 1.37. The van der Waals surface area contributed by atoms with E-state index in [1.807, 2.05) is 78.9 Å². The van der Waals surface area contributed by atoms with Crippen molar-refractivity contribution in [3.05, 3.63) is 107 Å². The second kappa shape index (κ2) is 9.56. The predicted molar refractivity (Wildman–Crippen MR) is 130 cm³/mol. The molecule has 1 N–H and O–H groups in total. The number of Topliss-reactive ketones (excluding diaryl/α,β-unsaturated/α-hetero) is 1. The zero-order chi connectivity index (χ0) is 23.5. The number of amides is 1. The molecule has 172 valence electrons.